The SMILES string of the molecule is CCN(C(=O)CC(=O)Nc1cccc(C)c1C)c1ccccc1. The summed E-state index contributed by atoms with van der Waals surface area (Å²) in [6.45, 7) is 6.37. The van der Waals surface area contributed by atoms with Crippen LogP contribution in [0.25, 0.3) is 0 Å². The van der Waals surface area contributed by atoms with Gasteiger partial charge in [-0.05, 0) is 50.1 Å². The molecule has 0 saturated carbocycles. The van der Waals surface area contributed by atoms with Crippen LogP contribution < -0.4 is 10.2 Å². The highest BCUT2D eigenvalue weighted by molar-refractivity contribution is 6.09. The first-order chi connectivity index (χ1) is 11.0. The molecule has 2 aromatic carbocycles. The highest BCUT2D eigenvalue weighted by Crippen LogP contribution is 2.19. The topological polar surface area (TPSA) is 49.4 Å². The molecule has 1 N–H and O–H groups in total. The van der Waals surface area contributed by atoms with Gasteiger partial charge in [-0.3, -0.25) is 9.59 Å². The van der Waals surface area contributed by atoms with Crippen LogP contribution in [0.1, 0.15) is 24.5 Å². The number of anilines is 2. The van der Waals surface area contributed by atoms with Crippen molar-refractivity contribution in [1.82, 2.24) is 0 Å². The third kappa shape index (κ3) is 4.19. The number of nitrogens with one attached hydrogen (secondary N) is 1. The third-order valence-electron chi connectivity index (χ3n) is 3.88. The summed E-state index contributed by atoms with van der Waals surface area (Å²) >= 11 is 0. The molecule has 0 aromatic heterocycles. The van der Waals surface area contributed by atoms with Gasteiger partial charge >= 0.3 is 0 Å². The number of hydrogen-bond donors (Lipinski definition) is 1. The molecule has 23 heavy (non-hydrogen) atoms. The standard InChI is InChI=1S/C19H22N2O2/c1-4-21(16-10-6-5-7-11-16)19(23)13-18(22)20-17-12-8-9-14(2)15(17)3/h5-12H,4,13H2,1-3H3,(H,20,22). The van der Waals surface area contributed by atoms with E-state index in [1.54, 1.807) is 4.90 Å². The van der Waals surface area contributed by atoms with Gasteiger partial charge in [0.1, 0.15) is 6.42 Å². The average molecular weight is 310 g/mol. The van der Waals surface area contributed by atoms with E-state index in [0.717, 1.165) is 22.5 Å². The van der Waals surface area contributed by atoms with Crippen molar-refractivity contribution in [3.05, 3.63) is 59.7 Å². The summed E-state index contributed by atoms with van der Waals surface area (Å²) in [6.07, 6.45) is -0.171. The van der Waals surface area contributed by atoms with Crippen molar-refractivity contribution in [2.24, 2.45) is 0 Å². The van der Waals surface area contributed by atoms with Crippen molar-refractivity contribution in [1.29, 1.82) is 0 Å². The molecule has 0 saturated heterocycles. The number of nitrogens with zero attached hydrogens (tertiary/aromatic N) is 1. The second kappa shape index (κ2) is 7.58. The minimum absolute atomic E-state index is 0.171. The lowest BCUT2D eigenvalue weighted by atomic mass is 10.1. The molecule has 0 spiro atoms. The summed E-state index contributed by atoms with van der Waals surface area (Å²) in [5.74, 6) is -0.500. The van der Waals surface area contributed by atoms with Gasteiger partial charge in [0.25, 0.3) is 0 Å². The van der Waals surface area contributed by atoms with Crippen LogP contribution in [0, 0.1) is 13.8 Å². The Morgan fingerprint density at radius 3 is 2.35 bits per heavy atom. The van der Waals surface area contributed by atoms with Crippen molar-refractivity contribution >= 4 is 23.2 Å². The van der Waals surface area contributed by atoms with Crippen molar-refractivity contribution in [3.63, 3.8) is 0 Å². The van der Waals surface area contributed by atoms with E-state index < -0.39 is 0 Å². The monoisotopic (exact) mass is 310 g/mol. The Hall–Kier alpha value is -2.62. The van der Waals surface area contributed by atoms with Gasteiger partial charge in [0.05, 0.1) is 0 Å². The van der Waals surface area contributed by atoms with E-state index in [9.17, 15) is 9.59 Å². The lowest BCUT2D eigenvalue weighted by Gasteiger charge is -2.21. The lowest BCUT2D eigenvalue weighted by Crippen LogP contribution is -2.33. The number of amides is 2. The molecular weight excluding hydrogens is 288 g/mol. The first kappa shape index (κ1) is 16.7. The number of benzene rings is 2. The number of carbonyl (C=O) groups excluding carboxylic acids is 2. The summed E-state index contributed by atoms with van der Waals surface area (Å²) in [6, 6.07) is 15.1. The van der Waals surface area contributed by atoms with E-state index in [-0.39, 0.29) is 18.2 Å². The Morgan fingerprint density at radius 1 is 1.00 bits per heavy atom. The lowest BCUT2D eigenvalue weighted by molar-refractivity contribution is -0.125. The first-order valence-electron chi connectivity index (χ1n) is 7.74. The molecule has 4 nitrogen and oxygen atoms in total. The minimum atomic E-state index is -0.293. The van der Waals surface area contributed by atoms with Gasteiger partial charge in [0.15, 0.2) is 0 Å². The molecule has 2 aromatic rings. The Kier molecular flexibility index (Phi) is 5.52. The number of carbonyl (C=O) groups is 2. The fraction of sp³-hybridized carbons (Fsp3) is 0.263. The van der Waals surface area contributed by atoms with Gasteiger partial charge in [0.2, 0.25) is 11.8 Å². The molecule has 0 atom stereocenters. The van der Waals surface area contributed by atoms with E-state index in [4.69, 9.17) is 0 Å². The predicted octanol–water partition coefficient (Wildman–Crippen LogP) is 3.69. The van der Waals surface area contributed by atoms with Crippen LogP contribution in [0.4, 0.5) is 11.4 Å². The van der Waals surface area contributed by atoms with Gasteiger partial charge in [-0.1, -0.05) is 30.3 Å². The van der Waals surface area contributed by atoms with Gasteiger partial charge < -0.3 is 10.2 Å². The van der Waals surface area contributed by atoms with Crippen molar-refractivity contribution in [3.8, 4) is 0 Å². The molecule has 0 bridgehead atoms. The Balaban J connectivity index is 2.04. The molecule has 0 aliphatic heterocycles. The normalized spacial score (nSPS) is 10.2. The Labute approximate surface area is 137 Å². The summed E-state index contributed by atoms with van der Waals surface area (Å²) in [5, 5.41) is 2.83. The predicted molar refractivity (Wildman–Crippen MR) is 93.6 cm³/mol. The van der Waals surface area contributed by atoms with Gasteiger partial charge in [-0.2, -0.15) is 0 Å². The van der Waals surface area contributed by atoms with E-state index in [1.165, 1.54) is 0 Å². The van der Waals surface area contributed by atoms with E-state index in [1.807, 2.05) is 69.3 Å². The fourth-order valence-corrected chi connectivity index (χ4v) is 2.42. The number of para-hydroxylation sites is 1. The first-order valence-corrected chi connectivity index (χ1v) is 7.74. The second-order valence-electron chi connectivity index (χ2n) is 5.45. The molecular formula is C19H22N2O2. The molecule has 0 unspecified atom stereocenters. The van der Waals surface area contributed by atoms with Crippen LogP contribution in [0.15, 0.2) is 48.5 Å². The third-order valence-corrected chi connectivity index (χ3v) is 3.88. The van der Waals surface area contributed by atoms with Gasteiger partial charge in [-0.15, -0.1) is 0 Å². The maximum Gasteiger partial charge on any atom is 0.236 e. The summed E-state index contributed by atoms with van der Waals surface area (Å²) in [4.78, 5) is 26.2. The largest absolute Gasteiger partial charge is 0.325 e. The van der Waals surface area contributed by atoms with Crippen molar-refractivity contribution < 1.29 is 9.59 Å². The van der Waals surface area contributed by atoms with Crippen LogP contribution in [0.3, 0.4) is 0 Å². The molecule has 0 aliphatic rings. The molecule has 0 radical (unpaired) electrons. The molecule has 0 fully saturated rings. The second-order valence-corrected chi connectivity index (χ2v) is 5.45. The molecule has 0 heterocycles. The zero-order valence-corrected chi connectivity index (χ0v) is 13.8. The molecule has 0 aliphatic carbocycles. The molecule has 2 rings (SSSR count). The average Bonchev–Trinajstić information content (AvgIpc) is 2.53. The Morgan fingerprint density at radius 2 is 1.70 bits per heavy atom. The number of rotatable bonds is 5. The summed E-state index contributed by atoms with van der Waals surface area (Å²) in [5.41, 5.74) is 3.68. The van der Waals surface area contributed by atoms with E-state index in [2.05, 4.69) is 5.32 Å². The number of hydrogen-bond acceptors (Lipinski definition) is 2. The van der Waals surface area contributed by atoms with Crippen LogP contribution >= 0.6 is 0 Å². The van der Waals surface area contributed by atoms with E-state index in [0.29, 0.717) is 6.54 Å². The minimum Gasteiger partial charge on any atom is -0.325 e. The maximum absolute atomic E-state index is 12.4. The van der Waals surface area contributed by atoms with Crippen LogP contribution in [-0.4, -0.2) is 18.4 Å². The zero-order chi connectivity index (χ0) is 16.8. The van der Waals surface area contributed by atoms with Crippen LogP contribution in [0.2, 0.25) is 0 Å². The van der Waals surface area contributed by atoms with Crippen molar-refractivity contribution in [2.45, 2.75) is 27.2 Å². The highest BCUT2D eigenvalue weighted by Gasteiger charge is 2.18. The molecule has 2 amide bonds. The summed E-state index contributed by atoms with van der Waals surface area (Å²) in [7, 11) is 0. The molecule has 4 heteroatoms. The highest BCUT2D eigenvalue weighted by atomic mass is 16.2. The Bertz CT molecular complexity index is 696. The van der Waals surface area contributed by atoms with Gasteiger partial charge in [-0.25, -0.2) is 0 Å². The molecule has 120 valence electrons. The zero-order valence-electron chi connectivity index (χ0n) is 13.8. The quantitative estimate of drug-likeness (QED) is 0.856. The van der Waals surface area contributed by atoms with E-state index >= 15 is 0 Å². The number of aryl methyl sites for hydroxylation is 1. The fourth-order valence-electron chi connectivity index (χ4n) is 2.42. The maximum atomic E-state index is 12.4. The van der Waals surface area contributed by atoms with Crippen LogP contribution in [-0.2, 0) is 9.59 Å². The van der Waals surface area contributed by atoms with Crippen molar-refractivity contribution in [2.75, 3.05) is 16.8 Å². The smallest absolute Gasteiger partial charge is 0.236 e. The summed E-state index contributed by atoms with van der Waals surface area (Å²) < 4.78 is 0. The van der Waals surface area contributed by atoms with Crippen LogP contribution in [0.5, 0.6) is 0 Å². The van der Waals surface area contributed by atoms with Gasteiger partial charge in [0, 0.05) is 17.9 Å².